The zero-order valence-corrected chi connectivity index (χ0v) is 4.99. The molecule has 0 aromatic carbocycles. The van der Waals surface area contributed by atoms with Crippen LogP contribution in [0.15, 0.2) is 0 Å². The molecule has 0 aromatic rings. The maximum Gasteiger partial charge on any atom is 0.509 e. The van der Waals surface area contributed by atoms with Crippen molar-refractivity contribution in [1.29, 1.82) is 0 Å². The van der Waals surface area contributed by atoms with Crippen molar-refractivity contribution >= 4 is 12.1 Å². The van der Waals surface area contributed by atoms with E-state index in [4.69, 9.17) is 0 Å². The summed E-state index contributed by atoms with van der Waals surface area (Å²) >= 11 is 0. The fourth-order valence-corrected chi connectivity index (χ4v) is 1.07. The van der Waals surface area contributed by atoms with E-state index in [0.29, 0.717) is 6.54 Å². The van der Waals surface area contributed by atoms with E-state index in [1.807, 2.05) is 0 Å². The molecular formula is C5H5NO4. The van der Waals surface area contributed by atoms with Crippen LogP contribution in [0.3, 0.4) is 0 Å². The standard InChI is InChI=1S/C5H5NO4/c7-4-3-2(1-6-4)9-5(8)10-3/h2-3H,1H2,(H,6,7). The lowest BCUT2D eigenvalue weighted by atomic mass is 10.3. The van der Waals surface area contributed by atoms with Crippen LogP contribution in [0.1, 0.15) is 0 Å². The van der Waals surface area contributed by atoms with Crippen molar-refractivity contribution in [2.45, 2.75) is 12.2 Å². The molecule has 2 aliphatic heterocycles. The molecule has 2 heterocycles. The molecule has 2 rings (SSSR count). The second-order valence-electron chi connectivity index (χ2n) is 2.19. The largest absolute Gasteiger partial charge is 0.509 e. The van der Waals surface area contributed by atoms with E-state index in [2.05, 4.69) is 14.8 Å². The molecule has 0 bridgehead atoms. The first-order chi connectivity index (χ1) is 4.77. The minimum absolute atomic E-state index is 0.268. The van der Waals surface area contributed by atoms with E-state index in [0.717, 1.165) is 0 Å². The number of carbonyl (C=O) groups excluding carboxylic acids is 2. The van der Waals surface area contributed by atoms with Gasteiger partial charge in [0, 0.05) is 0 Å². The Hall–Kier alpha value is -1.26. The SMILES string of the molecule is O=C1OC2CNC(=O)C2O1. The molecule has 0 spiro atoms. The Balaban J connectivity index is 2.19. The van der Waals surface area contributed by atoms with E-state index >= 15 is 0 Å². The Morgan fingerprint density at radius 2 is 2.20 bits per heavy atom. The molecule has 0 saturated carbocycles. The number of fused-ring (bicyclic) bond motifs is 1. The number of amides is 1. The third kappa shape index (κ3) is 0.570. The van der Waals surface area contributed by atoms with Crippen molar-refractivity contribution in [3.63, 3.8) is 0 Å². The molecule has 5 heteroatoms. The van der Waals surface area contributed by atoms with Crippen molar-refractivity contribution in [2.75, 3.05) is 6.54 Å². The summed E-state index contributed by atoms with van der Waals surface area (Å²) in [5.41, 5.74) is 0. The fraction of sp³-hybridized carbons (Fsp3) is 0.600. The summed E-state index contributed by atoms with van der Waals surface area (Å²) in [4.78, 5) is 21.1. The van der Waals surface area contributed by atoms with Gasteiger partial charge in [-0.3, -0.25) is 4.79 Å². The van der Waals surface area contributed by atoms with Gasteiger partial charge in [-0.15, -0.1) is 0 Å². The van der Waals surface area contributed by atoms with Crippen molar-refractivity contribution < 1.29 is 19.1 Å². The summed E-state index contributed by atoms with van der Waals surface area (Å²) < 4.78 is 9.14. The molecule has 5 nitrogen and oxygen atoms in total. The Morgan fingerprint density at radius 1 is 1.40 bits per heavy atom. The van der Waals surface area contributed by atoms with Gasteiger partial charge in [0.05, 0.1) is 6.54 Å². The third-order valence-electron chi connectivity index (χ3n) is 1.54. The average molecular weight is 143 g/mol. The average Bonchev–Trinajstić information content (AvgIpc) is 2.35. The third-order valence-corrected chi connectivity index (χ3v) is 1.54. The topological polar surface area (TPSA) is 64.6 Å². The molecule has 1 N–H and O–H groups in total. The van der Waals surface area contributed by atoms with Gasteiger partial charge in [-0.05, 0) is 0 Å². The smallest absolute Gasteiger partial charge is 0.424 e. The number of hydrogen-bond donors (Lipinski definition) is 1. The van der Waals surface area contributed by atoms with Crippen LogP contribution >= 0.6 is 0 Å². The van der Waals surface area contributed by atoms with Crippen LogP contribution in [0, 0.1) is 0 Å². The summed E-state index contributed by atoms with van der Waals surface area (Å²) in [6.45, 7) is 0.370. The zero-order chi connectivity index (χ0) is 7.14. The lowest BCUT2D eigenvalue weighted by Crippen LogP contribution is -2.25. The second kappa shape index (κ2) is 1.62. The number of carbonyl (C=O) groups is 2. The van der Waals surface area contributed by atoms with E-state index < -0.39 is 18.4 Å². The molecule has 0 aliphatic carbocycles. The highest BCUT2D eigenvalue weighted by molar-refractivity contribution is 5.87. The molecule has 2 saturated heterocycles. The van der Waals surface area contributed by atoms with Gasteiger partial charge < -0.3 is 14.8 Å². The highest BCUT2D eigenvalue weighted by Gasteiger charge is 2.46. The van der Waals surface area contributed by atoms with E-state index in [9.17, 15) is 9.59 Å². The summed E-state index contributed by atoms with van der Waals surface area (Å²) in [6.07, 6.45) is -1.85. The van der Waals surface area contributed by atoms with Gasteiger partial charge in [0.1, 0.15) is 0 Å². The maximum atomic E-state index is 10.7. The predicted octanol–water partition coefficient (Wildman–Crippen LogP) is -0.980. The van der Waals surface area contributed by atoms with Crippen LogP contribution in [-0.2, 0) is 14.3 Å². The normalized spacial score (nSPS) is 36.4. The molecule has 0 radical (unpaired) electrons. The number of nitrogens with one attached hydrogen (secondary N) is 1. The maximum absolute atomic E-state index is 10.7. The van der Waals surface area contributed by atoms with Crippen molar-refractivity contribution in [2.24, 2.45) is 0 Å². The molecule has 2 aliphatic rings. The Bertz CT molecular complexity index is 202. The second-order valence-corrected chi connectivity index (χ2v) is 2.19. The van der Waals surface area contributed by atoms with Crippen LogP contribution in [0.4, 0.5) is 4.79 Å². The predicted molar refractivity (Wildman–Crippen MR) is 28.2 cm³/mol. The monoisotopic (exact) mass is 143 g/mol. The fourth-order valence-electron chi connectivity index (χ4n) is 1.07. The van der Waals surface area contributed by atoms with Crippen LogP contribution in [0.25, 0.3) is 0 Å². The van der Waals surface area contributed by atoms with Gasteiger partial charge >= 0.3 is 6.16 Å². The highest BCUT2D eigenvalue weighted by atomic mass is 16.8. The summed E-state index contributed by atoms with van der Waals surface area (Å²) in [5, 5.41) is 2.50. The van der Waals surface area contributed by atoms with Gasteiger partial charge in [0.15, 0.2) is 6.10 Å². The molecule has 10 heavy (non-hydrogen) atoms. The summed E-state index contributed by atoms with van der Waals surface area (Å²) in [5.74, 6) is -0.268. The molecular weight excluding hydrogens is 138 g/mol. The van der Waals surface area contributed by atoms with Gasteiger partial charge in [0.25, 0.3) is 5.91 Å². The van der Waals surface area contributed by atoms with Crippen molar-refractivity contribution in [1.82, 2.24) is 5.32 Å². The van der Waals surface area contributed by atoms with E-state index in [-0.39, 0.29) is 5.91 Å². The Morgan fingerprint density at radius 3 is 2.90 bits per heavy atom. The first-order valence-corrected chi connectivity index (χ1v) is 2.92. The van der Waals surface area contributed by atoms with Crippen molar-refractivity contribution in [3.8, 4) is 0 Å². The van der Waals surface area contributed by atoms with Gasteiger partial charge in [-0.25, -0.2) is 4.79 Å². The highest BCUT2D eigenvalue weighted by Crippen LogP contribution is 2.18. The lowest BCUT2D eigenvalue weighted by Gasteiger charge is -1.96. The van der Waals surface area contributed by atoms with Crippen LogP contribution < -0.4 is 5.32 Å². The Labute approximate surface area is 56.3 Å². The molecule has 1 amide bonds. The van der Waals surface area contributed by atoms with E-state index in [1.165, 1.54) is 0 Å². The first-order valence-electron chi connectivity index (χ1n) is 2.92. The van der Waals surface area contributed by atoms with Gasteiger partial charge in [0.2, 0.25) is 6.10 Å². The molecule has 2 unspecified atom stereocenters. The lowest BCUT2D eigenvalue weighted by molar-refractivity contribution is -0.125. The summed E-state index contributed by atoms with van der Waals surface area (Å²) in [7, 11) is 0. The van der Waals surface area contributed by atoms with Gasteiger partial charge in [-0.2, -0.15) is 0 Å². The van der Waals surface area contributed by atoms with Crippen LogP contribution in [-0.4, -0.2) is 30.8 Å². The quantitative estimate of drug-likeness (QED) is 0.442. The molecule has 54 valence electrons. The summed E-state index contributed by atoms with van der Waals surface area (Å²) in [6, 6.07) is 0. The number of ether oxygens (including phenoxy) is 2. The van der Waals surface area contributed by atoms with Crippen LogP contribution in [0.2, 0.25) is 0 Å². The zero-order valence-electron chi connectivity index (χ0n) is 4.99. The molecule has 2 fully saturated rings. The van der Waals surface area contributed by atoms with Crippen LogP contribution in [0.5, 0.6) is 0 Å². The van der Waals surface area contributed by atoms with Gasteiger partial charge in [-0.1, -0.05) is 0 Å². The minimum atomic E-state index is -0.746. The number of rotatable bonds is 0. The Kier molecular flexibility index (Phi) is 0.893. The van der Waals surface area contributed by atoms with E-state index in [1.54, 1.807) is 0 Å². The minimum Gasteiger partial charge on any atom is -0.424 e. The first kappa shape index (κ1) is 5.52. The molecule has 2 atom stereocenters. The van der Waals surface area contributed by atoms with Crippen molar-refractivity contribution in [3.05, 3.63) is 0 Å². The number of hydrogen-bond acceptors (Lipinski definition) is 4. The molecule has 0 aromatic heterocycles.